The molecular formula is C9H8O2. The van der Waals surface area contributed by atoms with E-state index in [9.17, 15) is 4.79 Å². The van der Waals surface area contributed by atoms with Gasteiger partial charge < -0.3 is 4.74 Å². The maximum Gasteiger partial charge on any atom is 0.331 e. The van der Waals surface area contributed by atoms with Crippen LogP contribution in [0.5, 0.6) is 0 Å². The molecule has 0 bridgehead atoms. The van der Waals surface area contributed by atoms with Crippen LogP contribution in [0.3, 0.4) is 0 Å². The lowest BCUT2D eigenvalue weighted by atomic mass is 10.5. The SMILES string of the molecule is CC#CC#C/C=C/C(=O)OC. The quantitative estimate of drug-likeness (QED) is 0.311. The zero-order valence-corrected chi connectivity index (χ0v) is 6.47. The topological polar surface area (TPSA) is 26.3 Å². The molecule has 0 aliphatic carbocycles. The minimum absolute atomic E-state index is 0.413. The zero-order valence-electron chi connectivity index (χ0n) is 6.47. The van der Waals surface area contributed by atoms with Crippen molar-refractivity contribution in [1.29, 1.82) is 0 Å². The number of hydrogen-bond donors (Lipinski definition) is 0. The first kappa shape index (κ1) is 9.33. The van der Waals surface area contributed by atoms with E-state index >= 15 is 0 Å². The average molecular weight is 148 g/mol. The summed E-state index contributed by atoms with van der Waals surface area (Å²) in [6, 6.07) is 0. The molecule has 0 aliphatic heterocycles. The highest BCUT2D eigenvalue weighted by Gasteiger charge is 1.85. The van der Waals surface area contributed by atoms with Gasteiger partial charge in [-0.05, 0) is 24.8 Å². The van der Waals surface area contributed by atoms with Crippen molar-refractivity contribution >= 4 is 5.97 Å². The molecule has 0 N–H and O–H groups in total. The molecule has 2 heteroatoms. The molecule has 56 valence electrons. The van der Waals surface area contributed by atoms with Gasteiger partial charge in [0.25, 0.3) is 0 Å². The lowest BCUT2D eigenvalue weighted by molar-refractivity contribution is -0.134. The van der Waals surface area contributed by atoms with Gasteiger partial charge in [-0.15, -0.1) is 0 Å². The minimum atomic E-state index is -0.413. The number of esters is 1. The van der Waals surface area contributed by atoms with E-state index in [1.54, 1.807) is 6.92 Å². The fourth-order valence-electron chi connectivity index (χ4n) is 0.318. The van der Waals surface area contributed by atoms with Gasteiger partial charge in [0.1, 0.15) is 0 Å². The molecule has 2 nitrogen and oxygen atoms in total. The van der Waals surface area contributed by atoms with E-state index in [2.05, 4.69) is 28.4 Å². The third-order valence-electron chi connectivity index (χ3n) is 0.764. The number of methoxy groups -OCH3 is 1. The fourth-order valence-corrected chi connectivity index (χ4v) is 0.318. The predicted octanol–water partition coefficient (Wildman–Crippen LogP) is 0.742. The first-order valence-corrected chi connectivity index (χ1v) is 2.98. The summed E-state index contributed by atoms with van der Waals surface area (Å²) in [5, 5.41) is 0. The summed E-state index contributed by atoms with van der Waals surface area (Å²) in [6.45, 7) is 1.69. The molecule has 0 saturated heterocycles. The highest BCUT2D eigenvalue weighted by Crippen LogP contribution is 1.75. The van der Waals surface area contributed by atoms with E-state index in [1.807, 2.05) is 0 Å². The molecule has 0 rings (SSSR count). The number of ether oxygens (including phenoxy) is 1. The van der Waals surface area contributed by atoms with Crippen molar-refractivity contribution in [3.8, 4) is 23.7 Å². The fraction of sp³-hybridized carbons (Fsp3) is 0.222. The number of carbonyl (C=O) groups is 1. The summed E-state index contributed by atoms with van der Waals surface area (Å²) in [7, 11) is 1.31. The van der Waals surface area contributed by atoms with Crippen LogP contribution in [0.2, 0.25) is 0 Å². The van der Waals surface area contributed by atoms with Crippen LogP contribution in [0.4, 0.5) is 0 Å². The molecule has 0 spiro atoms. The van der Waals surface area contributed by atoms with Gasteiger partial charge in [-0.3, -0.25) is 0 Å². The third-order valence-corrected chi connectivity index (χ3v) is 0.764. The molecule has 0 aliphatic rings. The Balaban J connectivity index is 3.86. The van der Waals surface area contributed by atoms with Crippen molar-refractivity contribution in [1.82, 2.24) is 0 Å². The van der Waals surface area contributed by atoms with Crippen molar-refractivity contribution in [2.75, 3.05) is 7.11 Å². The number of allylic oxidation sites excluding steroid dienone is 1. The van der Waals surface area contributed by atoms with Gasteiger partial charge in [0.05, 0.1) is 7.11 Å². The Hall–Kier alpha value is -1.67. The maximum atomic E-state index is 10.4. The zero-order chi connectivity index (χ0) is 8.53. The Kier molecular flexibility index (Phi) is 5.47. The summed E-state index contributed by atoms with van der Waals surface area (Å²) in [6.07, 6.45) is 2.64. The summed E-state index contributed by atoms with van der Waals surface area (Å²) in [5.41, 5.74) is 0. The highest BCUT2D eigenvalue weighted by molar-refractivity contribution is 5.82. The molecule has 0 aromatic carbocycles. The molecule has 11 heavy (non-hydrogen) atoms. The Morgan fingerprint density at radius 3 is 2.73 bits per heavy atom. The highest BCUT2D eigenvalue weighted by atomic mass is 16.5. The minimum Gasteiger partial charge on any atom is -0.466 e. The van der Waals surface area contributed by atoms with Gasteiger partial charge in [0, 0.05) is 6.08 Å². The van der Waals surface area contributed by atoms with Crippen LogP contribution in [0.1, 0.15) is 6.92 Å². The smallest absolute Gasteiger partial charge is 0.331 e. The predicted molar refractivity (Wildman–Crippen MR) is 42.4 cm³/mol. The summed E-state index contributed by atoms with van der Waals surface area (Å²) >= 11 is 0. The molecule has 0 aromatic rings. The van der Waals surface area contributed by atoms with Gasteiger partial charge in [-0.25, -0.2) is 4.79 Å². The summed E-state index contributed by atoms with van der Waals surface area (Å²) < 4.78 is 4.33. The molecule has 0 radical (unpaired) electrons. The van der Waals surface area contributed by atoms with E-state index in [0.717, 1.165) is 0 Å². The van der Waals surface area contributed by atoms with E-state index in [1.165, 1.54) is 19.3 Å². The summed E-state index contributed by atoms with van der Waals surface area (Å²) in [5.74, 6) is 9.76. The van der Waals surface area contributed by atoms with Crippen LogP contribution < -0.4 is 0 Å². The molecule has 0 saturated carbocycles. The van der Waals surface area contributed by atoms with Crippen LogP contribution >= 0.6 is 0 Å². The van der Waals surface area contributed by atoms with E-state index in [0.29, 0.717) is 0 Å². The molecule has 0 heterocycles. The molecule has 0 fully saturated rings. The Morgan fingerprint density at radius 2 is 2.18 bits per heavy atom. The van der Waals surface area contributed by atoms with Crippen molar-refractivity contribution in [3.63, 3.8) is 0 Å². The number of hydrogen-bond acceptors (Lipinski definition) is 2. The van der Waals surface area contributed by atoms with Crippen LogP contribution in [-0.4, -0.2) is 13.1 Å². The molecule has 0 aromatic heterocycles. The second-order valence-corrected chi connectivity index (χ2v) is 1.50. The largest absolute Gasteiger partial charge is 0.466 e. The van der Waals surface area contributed by atoms with E-state index < -0.39 is 5.97 Å². The maximum absolute atomic E-state index is 10.4. The first-order chi connectivity index (χ1) is 5.31. The van der Waals surface area contributed by atoms with Crippen LogP contribution in [-0.2, 0) is 9.53 Å². The number of rotatable bonds is 1. The van der Waals surface area contributed by atoms with Gasteiger partial charge in [-0.2, -0.15) is 0 Å². The normalized spacial score (nSPS) is 7.45. The van der Waals surface area contributed by atoms with Crippen molar-refractivity contribution in [2.24, 2.45) is 0 Å². The van der Waals surface area contributed by atoms with Crippen LogP contribution in [0, 0.1) is 23.7 Å². The lowest BCUT2D eigenvalue weighted by Crippen LogP contribution is -1.92. The molecule has 0 amide bonds. The second-order valence-electron chi connectivity index (χ2n) is 1.50. The molecule has 0 atom stereocenters. The van der Waals surface area contributed by atoms with E-state index in [-0.39, 0.29) is 0 Å². The standard InChI is InChI=1S/C9H8O2/c1-3-4-5-6-7-8-9(10)11-2/h7-8H,1-2H3/b8-7+. The van der Waals surface area contributed by atoms with Gasteiger partial charge in [-0.1, -0.05) is 11.8 Å². The van der Waals surface area contributed by atoms with Gasteiger partial charge in [0.15, 0.2) is 0 Å². The van der Waals surface area contributed by atoms with E-state index in [4.69, 9.17) is 0 Å². The summed E-state index contributed by atoms with van der Waals surface area (Å²) in [4.78, 5) is 10.4. The van der Waals surface area contributed by atoms with Gasteiger partial charge in [0.2, 0.25) is 0 Å². The van der Waals surface area contributed by atoms with Gasteiger partial charge >= 0.3 is 5.97 Å². The third kappa shape index (κ3) is 6.21. The van der Waals surface area contributed by atoms with Crippen molar-refractivity contribution < 1.29 is 9.53 Å². The first-order valence-electron chi connectivity index (χ1n) is 2.98. The Morgan fingerprint density at radius 1 is 1.45 bits per heavy atom. The Labute approximate surface area is 66.2 Å². The molecular weight excluding hydrogens is 140 g/mol. The van der Waals surface area contributed by atoms with Crippen LogP contribution in [0.25, 0.3) is 0 Å². The molecule has 0 unspecified atom stereocenters. The van der Waals surface area contributed by atoms with Crippen molar-refractivity contribution in [2.45, 2.75) is 6.92 Å². The van der Waals surface area contributed by atoms with Crippen molar-refractivity contribution in [3.05, 3.63) is 12.2 Å². The lowest BCUT2D eigenvalue weighted by Gasteiger charge is -1.84. The second kappa shape index (κ2) is 6.45. The Bertz CT molecular complexity index is 265. The number of carbonyl (C=O) groups excluding carboxylic acids is 1. The average Bonchev–Trinajstić information content (AvgIpc) is 2.04. The van der Waals surface area contributed by atoms with Crippen LogP contribution in [0.15, 0.2) is 12.2 Å². The monoisotopic (exact) mass is 148 g/mol.